The molecule has 0 spiro atoms. The Morgan fingerprint density at radius 2 is 2.12 bits per heavy atom. The SMILES string of the molecule is CCCNCc1c(C)nn(CC(O)CO)c1C. The Kier molecular flexibility index (Phi) is 5.61. The Morgan fingerprint density at radius 3 is 2.71 bits per heavy atom. The standard InChI is InChI=1S/C12H23N3O2/c1-4-5-13-6-12-9(2)14-15(10(12)3)7-11(17)8-16/h11,13,16-17H,4-8H2,1-3H3. The predicted octanol–water partition coefficient (Wildman–Crippen LogP) is 0.353. The van der Waals surface area contributed by atoms with Gasteiger partial charge in [-0.2, -0.15) is 5.10 Å². The Hall–Kier alpha value is -0.910. The summed E-state index contributed by atoms with van der Waals surface area (Å²) in [6.07, 6.45) is 0.361. The van der Waals surface area contributed by atoms with Crippen LogP contribution in [0.5, 0.6) is 0 Å². The van der Waals surface area contributed by atoms with E-state index < -0.39 is 6.10 Å². The highest BCUT2D eigenvalue weighted by molar-refractivity contribution is 5.24. The van der Waals surface area contributed by atoms with Crippen molar-refractivity contribution in [1.29, 1.82) is 0 Å². The van der Waals surface area contributed by atoms with Crippen LogP contribution in [0.1, 0.15) is 30.3 Å². The average molecular weight is 241 g/mol. The fourth-order valence-corrected chi connectivity index (χ4v) is 1.82. The number of hydrogen-bond donors (Lipinski definition) is 3. The Labute approximate surface area is 102 Å². The monoisotopic (exact) mass is 241 g/mol. The zero-order valence-corrected chi connectivity index (χ0v) is 10.9. The molecule has 1 heterocycles. The van der Waals surface area contributed by atoms with Crippen LogP contribution >= 0.6 is 0 Å². The largest absolute Gasteiger partial charge is 0.394 e. The van der Waals surface area contributed by atoms with Gasteiger partial charge in [-0.05, 0) is 26.8 Å². The van der Waals surface area contributed by atoms with Crippen LogP contribution in [0.15, 0.2) is 0 Å². The summed E-state index contributed by atoms with van der Waals surface area (Å²) in [5.74, 6) is 0. The van der Waals surface area contributed by atoms with Crippen molar-refractivity contribution in [3.63, 3.8) is 0 Å². The number of aliphatic hydroxyl groups is 2. The van der Waals surface area contributed by atoms with Crippen molar-refractivity contribution in [2.24, 2.45) is 0 Å². The zero-order chi connectivity index (χ0) is 12.8. The summed E-state index contributed by atoms with van der Waals surface area (Å²) in [6.45, 7) is 8.00. The first-order valence-corrected chi connectivity index (χ1v) is 6.12. The first-order valence-electron chi connectivity index (χ1n) is 6.12. The first-order chi connectivity index (χ1) is 8.10. The molecular weight excluding hydrogens is 218 g/mol. The quantitative estimate of drug-likeness (QED) is 0.603. The number of aryl methyl sites for hydroxylation is 1. The predicted molar refractivity (Wildman–Crippen MR) is 66.8 cm³/mol. The van der Waals surface area contributed by atoms with E-state index in [2.05, 4.69) is 17.3 Å². The third-order valence-electron chi connectivity index (χ3n) is 2.85. The molecule has 0 fully saturated rings. The van der Waals surface area contributed by atoms with Gasteiger partial charge in [0, 0.05) is 17.8 Å². The normalized spacial score (nSPS) is 13.0. The zero-order valence-electron chi connectivity index (χ0n) is 10.9. The van der Waals surface area contributed by atoms with E-state index in [1.165, 1.54) is 5.56 Å². The minimum Gasteiger partial charge on any atom is -0.394 e. The number of nitrogens with one attached hydrogen (secondary N) is 1. The van der Waals surface area contributed by atoms with E-state index in [9.17, 15) is 5.11 Å². The van der Waals surface area contributed by atoms with Crippen LogP contribution in [-0.4, -0.2) is 39.2 Å². The van der Waals surface area contributed by atoms with Crippen molar-refractivity contribution in [2.75, 3.05) is 13.2 Å². The molecule has 0 radical (unpaired) electrons. The van der Waals surface area contributed by atoms with Gasteiger partial charge >= 0.3 is 0 Å². The second kappa shape index (κ2) is 6.74. The van der Waals surface area contributed by atoms with E-state index >= 15 is 0 Å². The molecule has 3 N–H and O–H groups in total. The fraction of sp³-hybridized carbons (Fsp3) is 0.750. The van der Waals surface area contributed by atoms with Crippen LogP contribution in [0.3, 0.4) is 0 Å². The third-order valence-corrected chi connectivity index (χ3v) is 2.85. The third kappa shape index (κ3) is 3.80. The molecular formula is C12H23N3O2. The van der Waals surface area contributed by atoms with Crippen LogP contribution in [0.4, 0.5) is 0 Å². The molecule has 98 valence electrons. The molecule has 1 unspecified atom stereocenters. The Balaban J connectivity index is 2.71. The Morgan fingerprint density at radius 1 is 1.41 bits per heavy atom. The topological polar surface area (TPSA) is 70.3 Å². The maximum Gasteiger partial charge on any atom is 0.0966 e. The summed E-state index contributed by atoms with van der Waals surface area (Å²) < 4.78 is 1.76. The van der Waals surface area contributed by atoms with Gasteiger partial charge in [-0.1, -0.05) is 6.92 Å². The summed E-state index contributed by atoms with van der Waals surface area (Å²) >= 11 is 0. The fourth-order valence-electron chi connectivity index (χ4n) is 1.82. The van der Waals surface area contributed by atoms with E-state index in [1.54, 1.807) is 4.68 Å². The van der Waals surface area contributed by atoms with Crippen LogP contribution < -0.4 is 5.32 Å². The highest BCUT2D eigenvalue weighted by atomic mass is 16.3. The summed E-state index contributed by atoms with van der Waals surface area (Å²) in [7, 11) is 0. The number of aromatic nitrogens is 2. The van der Waals surface area contributed by atoms with Gasteiger partial charge in [0.2, 0.25) is 0 Å². The molecule has 1 aromatic heterocycles. The molecule has 0 saturated carbocycles. The number of rotatable bonds is 7. The van der Waals surface area contributed by atoms with Crippen molar-refractivity contribution in [3.8, 4) is 0 Å². The molecule has 1 rings (SSSR count). The second-order valence-electron chi connectivity index (χ2n) is 4.34. The first kappa shape index (κ1) is 14.2. The summed E-state index contributed by atoms with van der Waals surface area (Å²) in [5.41, 5.74) is 3.22. The lowest BCUT2D eigenvalue weighted by atomic mass is 10.2. The molecule has 0 saturated heterocycles. The highest BCUT2D eigenvalue weighted by Crippen LogP contribution is 2.13. The summed E-state index contributed by atoms with van der Waals surface area (Å²) in [4.78, 5) is 0. The molecule has 5 heteroatoms. The van der Waals surface area contributed by atoms with Gasteiger partial charge < -0.3 is 15.5 Å². The van der Waals surface area contributed by atoms with Gasteiger partial charge in [0.1, 0.15) is 0 Å². The molecule has 0 aliphatic carbocycles. The lowest BCUT2D eigenvalue weighted by Crippen LogP contribution is -2.21. The second-order valence-corrected chi connectivity index (χ2v) is 4.34. The maximum atomic E-state index is 9.42. The van der Waals surface area contributed by atoms with Crippen LogP contribution in [0.2, 0.25) is 0 Å². The van der Waals surface area contributed by atoms with Crippen molar-refractivity contribution in [1.82, 2.24) is 15.1 Å². The van der Waals surface area contributed by atoms with E-state index in [-0.39, 0.29) is 6.61 Å². The lowest BCUT2D eigenvalue weighted by molar-refractivity contribution is 0.0776. The van der Waals surface area contributed by atoms with Crippen molar-refractivity contribution in [2.45, 2.75) is 46.4 Å². The molecule has 1 atom stereocenters. The van der Waals surface area contributed by atoms with Crippen molar-refractivity contribution < 1.29 is 10.2 Å². The molecule has 5 nitrogen and oxygen atoms in total. The molecule has 17 heavy (non-hydrogen) atoms. The number of nitrogens with zero attached hydrogens (tertiary/aromatic N) is 2. The van der Waals surface area contributed by atoms with Gasteiger partial charge in [0.25, 0.3) is 0 Å². The van der Waals surface area contributed by atoms with E-state index in [4.69, 9.17) is 5.11 Å². The van der Waals surface area contributed by atoms with Gasteiger partial charge in [-0.15, -0.1) is 0 Å². The smallest absolute Gasteiger partial charge is 0.0966 e. The number of aliphatic hydroxyl groups excluding tert-OH is 2. The highest BCUT2D eigenvalue weighted by Gasteiger charge is 2.13. The molecule has 0 aliphatic rings. The summed E-state index contributed by atoms with van der Waals surface area (Å²) in [5, 5.41) is 26.0. The molecule has 0 bridgehead atoms. The van der Waals surface area contributed by atoms with Crippen LogP contribution in [-0.2, 0) is 13.1 Å². The molecule has 0 aliphatic heterocycles. The van der Waals surface area contributed by atoms with Crippen molar-refractivity contribution >= 4 is 0 Å². The molecule has 0 amide bonds. The minimum absolute atomic E-state index is 0.234. The minimum atomic E-state index is -0.746. The van der Waals surface area contributed by atoms with E-state index in [1.807, 2.05) is 13.8 Å². The maximum absolute atomic E-state index is 9.42. The van der Waals surface area contributed by atoms with E-state index in [0.29, 0.717) is 6.54 Å². The molecule has 0 aromatic carbocycles. The van der Waals surface area contributed by atoms with Crippen LogP contribution in [0.25, 0.3) is 0 Å². The van der Waals surface area contributed by atoms with Gasteiger partial charge in [-0.3, -0.25) is 4.68 Å². The van der Waals surface area contributed by atoms with Crippen molar-refractivity contribution in [3.05, 3.63) is 17.0 Å². The average Bonchev–Trinajstić information content (AvgIpc) is 2.56. The van der Waals surface area contributed by atoms with Crippen LogP contribution in [0, 0.1) is 13.8 Å². The van der Waals surface area contributed by atoms with Gasteiger partial charge in [-0.25, -0.2) is 0 Å². The Bertz CT molecular complexity index is 350. The summed E-state index contributed by atoms with van der Waals surface area (Å²) in [6, 6.07) is 0. The van der Waals surface area contributed by atoms with E-state index in [0.717, 1.165) is 30.9 Å². The number of hydrogen-bond acceptors (Lipinski definition) is 4. The van der Waals surface area contributed by atoms with Gasteiger partial charge in [0.05, 0.1) is 24.9 Å². The molecule has 1 aromatic rings. The van der Waals surface area contributed by atoms with Gasteiger partial charge in [0.15, 0.2) is 0 Å². The lowest BCUT2D eigenvalue weighted by Gasteiger charge is -2.09.